The molecule has 0 aliphatic heterocycles. The first-order valence-corrected chi connectivity index (χ1v) is 6.29. The van der Waals surface area contributed by atoms with E-state index in [4.69, 9.17) is 0 Å². The van der Waals surface area contributed by atoms with Gasteiger partial charge in [0.25, 0.3) is 5.91 Å². The maximum absolute atomic E-state index is 13.5. The van der Waals surface area contributed by atoms with Gasteiger partial charge in [-0.05, 0) is 11.8 Å². The predicted octanol–water partition coefficient (Wildman–Crippen LogP) is 0.944. The number of carbonyl (C=O) groups is 1. The summed E-state index contributed by atoms with van der Waals surface area (Å²) in [5, 5.41) is 23.6. The number of hydrogen-bond donors (Lipinski definition) is 1. The molecular weight excluding hydrogens is 354 g/mol. The summed E-state index contributed by atoms with van der Waals surface area (Å²) in [4.78, 5) is 22.0. The van der Waals surface area contributed by atoms with Crippen LogP contribution in [0, 0.1) is 33.4 Å². The van der Waals surface area contributed by atoms with Gasteiger partial charge in [-0.1, -0.05) is 4.80 Å². The zero-order valence-corrected chi connectivity index (χ0v) is 12.2. The van der Waals surface area contributed by atoms with Gasteiger partial charge in [-0.15, -0.1) is 0 Å². The Bertz CT molecular complexity index is 857. The third kappa shape index (κ3) is 3.91. The molecule has 0 bridgehead atoms. The second kappa shape index (κ2) is 6.98. The minimum absolute atomic E-state index is 0.0401. The molecule has 0 saturated heterocycles. The van der Waals surface area contributed by atoms with Crippen molar-refractivity contribution in [3.63, 3.8) is 0 Å². The van der Waals surface area contributed by atoms with Crippen molar-refractivity contribution in [3.8, 4) is 0 Å². The SMILES string of the molecule is C/C(Cn1nnc([N+](=O)[O-])n1)=N\NC(=O)c1c(F)c(F)cc(F)c1F. The van der Waals surface area contributed by atoms with Gasteiger partial charge in [0, 0.05) is 11.3 Å². The fourth-order valence-electron chi connectivity index (χ4n) is 1.59. The topological polar surface area (TPSA) is 128 Å². The Labute approximate surface area is 135 Å². The van der Waals surface area contributed by atoms with E-state index >= 15 is 0 Å². The van der Waals surface area contributed by atoms with Crippen molar-refractivity contribution in [2.24, 2.45) is 5.10 Å². The highest BCUT2D eigenvalue weighted by Crippen LogP contribution is 2.19. The molecule has 0 spiro atoms. The summed E-state index contributed by atoms with van der Waals surface area (Å²) in [6.07, 6.45) is 0. The Morgan fingerprint density at radius 3 is 2.44 bits per heavy atom. The first-order chi connectivity index (χ1) is 11.7. The molecule has 25 heavy (non-hydrogen) atoms. The highest BCUT2D eigenvalue weighted by Gasteiger charge is 2.24. The molecule has 0 fully saturated rings. The van der Waals surface area contributed by atoms with Crippen molar-refractivity contribution in [2.75, 3.05) is 0 Å². The summed E-state index contributed by atoms with van der Waals surface area (Å²) < 4.78 is 53.0. The van der Waals surface area contributed by atoms with Crippen molar-refractivity contribution in [3.05, 3.63) is 45.0 Å². The quantitative estimate of drug-likeness (QED) is 0.278. The molecule has 132 valence electrons. The highest BCUT2D eigenvalue weighted by atomic mass is 19.2. The number of halogens is 4. The maximum atomic E-state index is 13.5. The number of nitrogens with zero attached hydrogens (tertiary/aromatic N) is 6. The van der Waals surface area contributed by atoms with E-state index in [-0.39, 0.29) is 18.3 Å². The molecular formula is C11H7F4N7O3. The molecule has 10 nitrogen and oxygen atoms in total. The molecule has 0 unspecified atom stereocenters. The van der Waals surface area contributed by atoms with E-state index < -0.39 is 45.6 Å². The lowest BCUT2D eigenvalue weighted by atomic mass is 10.1. The average Bonchev–Trinajstić information content (AvgIpc) is 3.00. The summed E-state index contributed by atoms with van der Waals surface area (Å²) in [6, 6.07) is -0.0424. The van der Waals surface area contributed by atoms with Crippen LogP contribution in [0.15, 0.2) is 11.2 Å². The van der Waals surface area contributed by atoms with Crippen LogP contribution >= 0.6 is 0 Å². The first-order valence-electron chi connectivity index (χ1n) is 6.29. The smallest absolute Gasteiger partial charge is 0.390 e. The molecule has 0 radical (unpaired) electrons. The van der Waals surface area contributed by atoms with Gasteiger partial charge in [0.05, 0.1) is 15.9 Å². The van der Waals surface area contributed by atoms with Crippen molar-refractivity contribution in [1.29, 1.82) is 0 Å². The number of carbonyl (C=O) groups excluding carboxylic acids is 1. The Hall–Kier alpha value is -3.45. The number of hydrazone groups is 1. The summed E-state index contributed by atoms with van der Waals surface area (Å²) >= 11 is 0. The van der Waals surface area contributed by atoms with Crippen LogP contribution in [-0.4, -0.2) is 36.7 Å². The molecule has 1 aromatic heterocycles. The normalized spacial score (nSPS) is 11.5. The molecule has 0 atom stereocenters. The Balaban J connectivity index is 2.13. The Kier molecular flexibility index (Phi) is 5.00. The van der Waals surface area contributed by atoms with Gasteiger partial charge in [-0.25, -0.2) is 23.0 Å². The van der Waals surface area contributed by atoms with Gasteiger partial charge in [0.1, 0.15) is 12.1 Å². The molecule has 0 aliphatic rings. The minimum atomic E-state index is -1.88. The molecule has 1 heterocycles. The summed E-state index contributed by atoms with van der Waals surface area (Å²) in [5.74, 6) is -9.55. The van der Waals surface area contributed by atoms with Gasteiger partial charge in [-0.3, -0.25) is 4.79 Å². The van der Waals surface area contributed by atoms with E-state index in [2.05, 4.69) is 20.5 Å². The second-order valence-corrected chi connectivity index (χ2v) is 4.51. The number of nitro groups is 1. The zero-order chi connectivity index (χ0) is 18.7. The lowest BCUT2D eigenvalue weighted by molar-refractivity contribution is -0.394. The largest absolute Gasteiger partial charge is 0.514 e. The summed E-state index contributed by atoms with van der Waals surface area (Å²) in [7, 11) is 0. The number of tetrazole rings is 1. The van der Waals surface area contributed by atoms with Crippen LogP contribution in [0.25, 0.3) is 0 Å². The first kappa shape index (κ1) is 17.9. The fourth-order valence-corrected chi connectivity index (χ4v) is 1.59. The predicted molar refractivity (Wildman–Crippen MR) is 71.3 cm³/mol. The van der Waals surface area contributed by atoms with Gasteiger partial charge < -0.3 is 10.1 Å². The Morgan fingerprint density at radius 1 is 1.32 bits per heavy atom. The molecule has 1 N–H and O–H groups in total. The number of rotatable bonds is 5. The van der Waals surface area contributed by atoms with Gasteiger partial charge in [-0.2, -0.15) is 5.10 Å². The van der Waals surface area contributed by atoms with Gasteiger partial charge >= 0.3 is 5.95 Å². The molecule has 2 aromatic rings. The van der Waals surface area contributed by atoms with Crippen LogP contribution in [0.5, 0.6) is 0 Å². The van der Waals surface area contributed by atoms with Gasteiger partial charge in [0.15, 0.2) is 23.3 Å². The second-order valence-electron chi connectivity index (χ2n) is 4.51. The van der Waals surface area contributed by atoms with Crippen LogP contribution in [-0.2, 0) is 6.54 Å². The van der Waals surface area contributed by atoms with E-state index in [1.54, 1.807) is 5.43 Å². The molecule has 0 saturated carbocycles. The molecule has 1 aromatic carbocycles. The lowest BCUT2D eigenvalue weighted by Crippen LogP contribution is -2.24. The number of nitrogens with one attached hydrogen (secondary N) is 1. The van der Waals surface area contributed by atoms with E-state index in [1.165, 1.54) is 6.92 Å². The number of benzene rings is 1. The van der Waals surface area contributed by atoms with Crippen molar-refractivity contribution < 1.29 is 27.3 Å². The van der Waals surface area contributed by atoms with Crippen LogP contribution in [0.2, 0.25) is 0 Å². The summed E-state index contributed by atoms with van der Waals surface area (Å²) in [5.41, 5.74) is 0.254. The van der Waals surface area contributed by atoms with E-state index in [1.807, 2.05) is 0 Å². The third-order valence-corrected chi connectivity index (χ3v) is 2.66. The number of hydrogen-bond acceptors (Lipinski definition) is 7. The Morgan fingerprint density at radius 2 is 1.92 bits per heavy atom. The number of aromatic nitrogens is 4. The van der Waals surface area contributed by atoms with E-state index in [0.29, 0.717) is 0 Å². The average molecular weight is 361 g/mol. The van der Waals surface area contributed by atoms with E-state index in [9.17, 15) is 32.5 Å². The van der Waals surface area contributed by atoms with Gasteiger partial charge in [0.2, 0.25) is 0 Å². The number of amides is 1. The van der Waals surface area contributed by atoms with Crippen molar-refractivity contribution in [2.45, 2.75) is 13.5 Å². The van der Waals surface area contributed by atoms with Crippen LogP contribution in [0.4, 0.5) is 23.5 Å². The maximum Gasteiger partial charge on any atom is 0.514 e. The molecule has 2 rings (SSSR count). The zero-order valence-electron chi connectivity index (χ0n) is 12.2. The lowest BCUT2D eigenvalue weighted by Gasteiger charge is -2.06. The monoisotopic (exact) mass is 361 g/mol. The van der Waals surface area contributed by atoms with E-state index in [0.717, 1.165) is 4.80 Å². The molecule has 1 amide bonds. The van der Waals surface area contributed by atoms with Crippen LogP contribution in [0.1, 0.15) is 17.3 Å². The highest BCUT2D eigenvalue weighted by molar-refractivity contribution is 5.95. The minimum Gasteiger partial charge on any atom is -0.390 e. The fraction of sp³-hybridized carbons (Fsp3) is 0.182. The standard InChI is InChI=1S/C11H7F4N7O3/c1-4(3-21-19-11(18-20-21)22(24)25)16-17-10(23)7-8(14)5(12)2-6(13)9(7)15/h2H,3H2,1H3,(H,17,23)/b16-4+. The van der Waals surface area contributed by atoms with Crippen molar-refractivity contribution in [1.82, 2.24) is 25.6 Å². The summed E-state index contributed by atoms with van der Waals surface area (Å²) in [6.45, 7) is 1.05. The third-order valence-electron chi connectivity index (χ3n) is 2.66. The van der Waals surface area contributed by atoms with Crippen LogP contribution < -0.4 is 5.43 Å². The molecule has 0 aliphatic carbocycles. The molecule has 14 heteroatoms. The van der Waals surface area contributed by atoms with Crippen LogP contribution in [0.3, 0.4) is 0 Å². The van der Waals surface area contributed by atoms with Crippen molar-refractivity contribution >= 4 is 17.6 Å².